The molecule has 2 aromatic carbocycles. The summed E-state index contributed by atoms with van der Waals surface area (Å²) in [4.78, 5) is 13.7. The molecule has 0 aliphatic carbocycles. The third kappa shape index (κ3) is 13.6. The van der Waals surface area contributed by atoms with Crippen LogP contribution >= 0.6 is 0 Å². The van der Waals surface area contributed by atoms with Crippen LogP contribution in [0.15, 0.2) is 60.9 Å². The van der Waals surface area contributed by atoms with Crippen LogP contribution < -0.4 is 38.2 Å². The fourth-order valence-electron chi connectivity index (χ4n) is 4.58. The number of ether oxygens (including phenoxy) is 6. The van der Waals surface area contributed by atoms with E-state index in [9.17, 15) is 16.8 Å². The van der Waals surface area contributed by atoms with E-state index in [0.717, 1.165) is 47.0 Å². The number of aromatic nitrogens is 2. The molecule has 16 nitrogen and oxygen atoms in total. The largest absolute Gasteiger partial charge is 0.493 e. The Hall–Kier alpha value is -5.04. The lowest BCUT2D eigenvalue weighted by molar-refractivity contribution is 0.324. The summed E-state index contributed by atoms with van der Waals surface area (Å²) in [6.45, 7) is 1.58. The monoisotopic (exact) mass is 766 g/mol. The lowest BCUT2D eigenvalue weighted by Gasteiger charge is -2.25. The molecule has 52 heavy (non-hydrogen) atoms. The minimum atomic E-state index is -3.67. The van der Waals surface area contributed by atoms with Crippen LogP contribution in [-0.2, 0) is 20.2 Å². The van der Waals surface area contributed by atoms with Crippen LogP contribution in [0.25, 0.3) is 22.5 Å². The number of hydrogen-bond acceptors (Lipinski definition) is 14. The van der Waals surface area contributed by atoms with E-state index in [1.165, 1.54) is 0 Å². The summed E-state index contributed by atoms with van der Waals surface area (Å²) in [7, 11) is 6.35. The first kappa shape index (κ1) is 43.1. The molecule has 18 heteroatoms. The Labute approximate surface area is 305 Å². The lowest BCUT2D eigenvalue weighted by atomic mass is 10.1. The quantitative estimate of drug-likeness (QED) is 0.181. The zero-order chi connectivity index (χ0) is 39.2. The van der Waals surface area contributed by atoms with Crippen molar-refractivity contribution in [2.24, 2.45) is 0 Å². The smallest absolute Gasteiger partial charge is 0.261 e. The number of benzene rings is 2. The molecule has 0 atom stereocenters. The number of nitrogens with zero attached hydrogens (tertiary/aromatic N) is 4. The molecule has 0 aliphatic rings. The van der Waals surface area contributed by atoms with Gasteiger partial charge < -0.3 is 38.2 Å². The first-order valence-electron chi connectivity index (χ1n) is 15.2. The van der Waals surface area contributed by atoms with Crippen molar-refractivity contribution >= 4 is 31.6 Å². The maximum atomic E-state index is 9.19. The SMILES string of the molecule is COc1cc(-c2ccc(N(C)CCN(C)c3ccc(-c4cc(OC)c(OC)c(OC)c4)nc3)cn2)cc(OC)c1OC.CS(=O)(=O)O.CS(=O)(=O)O. The molecule has 0 saturated heterocycles. The highest BCUT2D eigenvalue weighted by Crippen LogP contribution is 2.42. The standard InChI is InChI=1S/C32H38N4O6.2CH4O3S/c1-35(23-9-11-25(33-19-23)21-15-27(37-3)31(41-7)28(16-21)38-4)13-14-36(2)24-10-12-26(34-20-24)22-17-29(39-5)32(42-8)30(18-22)40-6;2*1-5(2,3)4/h9-12,15-20H,13-14H2,1-8H3;2*1H3,(H,2,3,4). The van der Waals surface area contributed by atoms with Crippen molar-refractivity contribution in [3.05, 3.63) is 60.9 Å². The average molecular weight is 767 g/mol. The molecule has 2 heterocycles. The Balaban J connectivity index is 0.000000825. The molecule has 0 radical (unpaired) electrons. The molecular formula is C34H46N4O12S2. The number of methoxy groups -OCH3 is 6. The Morgan fingerprint density at radius 2 is 0.808 bits per heavy atom. The van der Waals surface area contributed by atoms with Crippen molar-refractivity contribution < 1.29 is 54.4 Å². The van der Waals surface area contributed by atoms with E-state index >= 15 is 0 Å². The summed E-state index contributed by atoms with van der Waals surface area (Å²) in [6, 6.07) is 15.7. The summed E-state index contributed by atoms with van der Waals surface area (Å²) < 4.78 is 84.5. The first-order valence-corrected chi connectivity index (χ1v) is 18.9. The zero-order valence-electron chi connectivity index (χ0n) is 30.8. The second kappa shape index (κ2) is 19.5. The highest BCUT2D eigenvalue weighted by atomic mass is 32.2. The van der Waals surface area contributed by atoms with Gasteiger partial charge in [0.25, 0.3) is 20.2 Å². The average Bonchev–Trinajstić information content (AvgIpc) is 3.11. The first-order chi connectivity index (χ1) is 24.4. The Morgan fingerprint density at radius 3 is 1.00 bits per heavy atom. The lowest BCUT2D eigenvalue weighted by Crippen LogP contribution is -2.30. The van der Waals surface area contributed by atoms with E-state index < -0.39 is 20.2 Å². The second-order valence-corrected chi connectivity index (χ2v) is 13.9. The molecule has 2 N–H and O–H groups in total. The van der Waals surface area contributed by atoms with E-state index in [4.69, 9.17) is 47.5 Å². The van der Waals surface area contributed by atoms with Crippen LogP contribution in [0.4, 0.5) is 11.4 Å². The zero-order valence-corrected chi connectivity index (χ0v) is 32.4. The number of likely N-dealkylation sites (N-methyl/N-ethyl adjacent to an activating group) is 2. The van der Waals surface area contributed by atoms with Crippen molar-refractivity contribution in [2.75, 3.05) is 92.2 Å². The topological polar surface area (TPSA) is 196 Å². The maximum Gasteiger partial charge on any atom is 0.261 e. The molecule has 2 aromatic heterocycles. The van der Waals surface area contributed by atoms with E-state index in [0.29, 0.717) is 47.0 Å². The van der Waals surface area contributed by atoms with Gasteiger partial charge in [0.2, 0.25) is 11.5 Å². The molecule has 0 spiro atoms. The third-order valence-electron chi connectivity index (χ3n) is 7.07. The number of anilines is 2. The van der Waals surface area contributed by atoms with Gasteiger partial charge in [0.15, 0.2) is 23.0 Å². The van der Waals surface area contributed by atoms with Crippen LogP contribution in [0.2, 0.25) is 0 Å². The van der Waals surface area contributed by atoms with Gasteiger partial charge >= 0.3 is 0 Å². The van der Waals surface area contributed by atoms with Crippen molar-refractivity contribution in [2.45, 2.75) is 0 Å². The predicted octanol–water partition coefficient (Wildman–Crippen LogP) is 4.44. The van der Waals surface area contributed by atoms with Crippen molar-refractivity contribution in [3.63, 3.8) is 0 Å². The summed E-state index contributed by atoms with van der Waals surface area (Å²) >= 11 is 0. The van der Waals surface area contributed by atoms with Gasteiger partial charge in [0, 0.05) is 38.3 Å². The fraction of sp³-hybridized carbons (Fsp3) is 0.353. The minimum absolute atomic E-state index is 0.551. The van der Waals surface area contributed by atoms with Gasteiger partial charge in [0.1, 0.15) is 0 Å². The normalized spacial score (nSPS) is 10.8. The summed E-state index contributed by atoms with van der Waals surface area (Å²) in [5.74, 6) is 3.45. The summed E-state index contributed by atoms with van der Waals surface area (Å²) in [6.07, 6.45) is 5.17. The predicted molar refractivity (Wildman–Crippen MR) is 200 cm³/mol. The van der Waals surface area contributed by atoms with E-state index in [1.807, 2.05) is 48.8 Å². The Kier molecular flexibility index (Phi) is 16.2. The van der Waals surface area contributed by atoms with Gasteiger partial charge in [-0.05, 0) is 48.5 Å². The fourth-order valence-corrected chi connectivity index (χ4v) is 4.58. The van der Waals surface area contributed by atoms with Crippen LogP contribution in [0.1, 0.15) is 0 Å². The van der Waals surface area contributed by atoms with Gasteiger partial charge in [0.05, 0.1) is 90.3 Å². The second-order valence-electron chi connectivity index (χ2n) is 10.9. The molecule has 0 amide bonds. The highest BCUT2D eigenvalue weighted by molar-refractivity contribution is 7.85. The third-order valence-corrected chi connectivity index (χ3v) is 7.07. The molecular weight excluding hydrogens is 721 g/mol. The van der Waals surface area contributed by atoms with Crippen molar-refractivity contribution in [1.29, 1.82) is 0 Å². The van der Waals surface area contributed by atoms with Gasteiger partial charge in [-0.15, -0.1) is 0 Å². The molecule has 0 aliphatic heterocycles. The van der Waals surface area contributed by atoms with E-state index in [2.05, 4.69) is 36.0 Å². The van der Waals surface area contributed by atoms with Crippen molar-refractivity contribution in [3.8, 4) is 57.0 Å². The summed E-state index contributed by atoms with van der Waals surface area (Å²) in [5.41, 5.74) is 5.39. The van der Waals surface area contributed by atoms with Gasteiger partial charge in [-0.2, -0.15) is 16.8 Å². The molecule has 0 fully saturated rings. The molecule has 286 valence electrons. The van der Waals surface area contributed by atoms with E-state index in [-0.39, 0.29) is 0 Å². The summed E-state index contributed by atoms with van der Waals surface area (Å²) in [5, 5.41) is 0. The maximum absolute atomic E-state index is 9.19. The van der Waals surface area contributed by atoms with Gasteiger partial charge in [-0.3, -0.25) is 19.1 Å². The van der Waals surface area contributed by atoms with Crippen LogP contribution in [-0.4, -0.2) is 118 Å². The van der Waals surface area contributed by atoms with Crippen molar-refractivity contribution in [1.82, 2.24) is 9.97 Å². The van der Waals surface area contributed by atoms with Crippen LogP contribution in [0.3, 0.4) is 0 Å². The van der Waals surface area contributed by atoms with Crippen LogP contribution in [0, 0.1) is 0 Å². The molecule has 4 aromatic rings. The molecule has 0 unspecified atom stereocenters. The molecule has 0 saturated carbocycles. The number of rotatable bonds is 13. The number of pyridine rings is 2. The molecule has 0 bridgehead atoms. The van der Waals surface area contributed by atoms with Gasteiger partial charge in [-0.1, -0.05) is 0 Å². The Bertz CT molecular complexity index is 1750. The van der Waals surface area contributed by atoms with Crippen LogP contribution in [0.5, 0.6) is 34.5 Å². The highest BCUT2D eigenvalue weighted by Gasteiger charge is 2.16. The van der Waals surface area contributed by atoms with E-state index in [1.54, 1.807) is 42.7 Å². The van der Waals surface area contributed by atoms with Gasteiger partial charge in [-0.25, -0.2) is 0 Å². The Morgan fingerprint density at radius 1 is 0.538 bits per heavy atom. The molecule has 4 rings (SSSR count). The number of hydrogen-bond donors (Lipinski definition) is 2. The minimum Gasteiger partial charge on any atom is -0.493 e.